The molecule has 1 aromatic rings. The number of phenols is 1. The molecule has 5 heteroatoms. The Labute approximate surface area is 108 Å². The van der Waals surface area contributed by atoms with Crippen LogP contribution in [0, 0.1) is 11.8 Å². The minimum atomic E-state index is -3.40. The van der Waals surface area contributed by atoms with Gasteiger partial charge in [-0.3, -0.25) is 0 Å². The number of benzene rings is 1. The molecule has 1 atom stereocenters. The number of rotatable bonds is 3. The highest BCUT2D eigenvalue weighted by Gasteiger charge is 2.33. The predicted octanol–water partition coefficient (Wildman–Crippen LogP) is 2.06. The Kier molecular flexibility index (Phi) is 3.64. The van der Waals surface area contributed by atoms with Crippen LogP contribution in [0.2, 0.25) is 0 Å². The fourth-order valence-electron chi connectivity index (χ4n) is 2.28. The van der Waals surface area contributed by atoms with E-state index in [2.05, 4.69) is 13.8 Å². The Morgan fingerprint density at radius 1 is 1.28 bits per heavy atom. The molecule has 1 heterocycles. The lowest BCUT2D eigenvalue weighted by atomic mass is 9.96. The van der Waals surface area contributed by atoms with E-state index in [1.165, 1.54) is 24.3 Å². The first-order valence-corrected chi connectivity index (χ1v) is 7.64. The third-order valence-electron chi connectivity index (χ3n) is 3.60. The van der Waals surface area contributed by atoms with Gasteiger partial charge in [0, 0.05) is 13.1 Å². The summed E-state index contributed by atoms with van der Waals surface area (Å²) < 4.78 is 26.3. The van der Waals surface area contributed by atoms with Crippen molar-refractivity contribution < 1.29 is 13.5 Å². The summed E-state index contributed by atoms with van der Waals surface area (Å²) >= 11 is 0. The summed E-state index contributed by atoms with van der Waals surface area (Å²) in [4.78, 5) is 0.254. The van der Waals surface area contributed by atoms with Crippen LogP contribution in [0.25, 0.3) is 0 Å². The van der Waals surface area contributed by atoms with Crippen molar-refractivity contribution in [1.82, 2.24) is 4.31 Å². The molecule has 1 aromatic carbocycles. The van der Waals surface area contributed by atoms with Crippen LogP contribution >= 0.6 is 0 Å². The normalized spacial score (nSPS) is 21.6. The first kappa shape index (κ1) is 13.4. The molecule has 1 aliphatic heterocycles. The van der Waals surface area contributed by atoms with Gasteiger partial charge in [-0.25, -0.2) is 8.42 Å². The van der Waals surface area contributed by atoms with E-state index in [4.69, 9.17) is 0 Å². The highest BCUT2D eigenvalue weighted by molar-refractivity contribution is 7.89. The Hall–Kier alpha value is -1.07. The molecule has 0 aromatic heterocycles. The van der Waals surface area contributed by atoms with E-state index in [1.54, 1.807) is 4.31 Å². The highest BCUT2D eigenvalue weighted by atomic mass is 32.2. The van der Waals surface area contributed by atoms with Crippen molar-refractivity contribution in [2.45, 2.75) is 25.2 Å². The van der Waals surface area contributed by atoms with Crippen molar-refractivity contribution in [1.29, 1.82) is 0 Å². The second-order valence-corrected chi connectivity index (χ2v) is 7.09. The molecule has 0 radical (unpaired) electrons. The van der Waals surface area contributed by atoms with E-state index in [0.29, 0.717) is 24.9 Å². The lowest BCUT2D eigenvalue weighted by Crippen LogP contribution is -2.29. The first-order valence-electron chi connectivity index (χ1n) is 6.20. The topological polar surface area (TPSA) is 57.6 Å². The van der Waals surface area contributed by atoms with E-state index in [-0.39, 0.29) is 10.6 Å². The number of phenolic OH excluding ortho intramolecular Hbond substituents is 1. The lowest BCUT2D eigenvalue weighted by molar-refractivity contribution is 0.388. The average molecular weight is 269 g/mol. The molecule has 18 heavy (non-hydrogen) atoms. The molecule has 1 fully saturated rings. The minimum Gasteiger partial charge on any atom is -0.508 e. The summed E-state index contributed by atoms with van der Waals surface area (Å²) in [5.74, 6) is 1.03. The predicted molar refractivity (Wildman–Crippen MR) is 69.8 cm³/mol. The van der Waals surface area contributed by atoms with Crippen LogP contribution in [0.5, 0.6) is 5.75 Å². The zero-order valence-corrected chi connectivity index (χ0v) is 11.5. The fourth-order valence-corrected chi connectivity index (χ4v) is 3.80. The van der Waals surface area contributed by atoms with E-state index in [0.717, 1.165) is 6.42 Å². The quantitative estimate of drug-likeness (QED) is 0.913. The summed E-state index contributed by atoms with van der Waals surface area (Å²) in [5, 5.41) is 9.19. The van der Waals surface area contributed by atoms with Crippen LogP contribution in [0.4, 0.5) is 0 Å². The monoisotopic (exact) mass is 269 g/mol. The molecule has 1 N–H and O–H groups in total. The molecule has 0 amide bonds. The van der Waals surface area contributed by atoms with Gasteiger partial charge in [0.2, 0.25) is 10.0 Å². The molecular weight excluding hydrogens is 250 g/mol. The van der Waals surface area contributed by atoms with Gasteiger partial charge in [0.15, 0.2) is 0 Å². The Morgan fingerprint density at radius 2 is 1.89 bits per heavy atom. The van der Waals surface area contributed by atoms with Crippen LogP contribution in [0.3, 0.4) is 0 Å². The molecule has 1 saturated heterocycles. The van der Waals surface area contributed by atoms with Gasteiger partial charge in [0.25, 0.3) is 0 Å². The molecule has 4 nitrogen and oxygen atoms in total. The van der Waals surface area contributed by atoms with Gasteiger partial charge in [-0.2, -0.15) is 4.31 Å². The van der Waals surface area contributed by atoms with Crippen LogP contribution in [0.1, 0.15) is 20.3 Å². The van der Waals surface area contributed by atoms with Crippen LogP contribution in [-0.2, 0) is 10.0 Å². The van der Waals surface area contributed by atoms with Crippen LogP contribution in [0.15, 0.2) is 29.2 Å². The zero-order valence-electron chi connectivity index (χ0n) is 10.7. The molecule has 100 valence electrons. The fraction of sp³-hybridized carbons (Fsp3) is 0.538. The summed E-state index contributed by atoms with van der Waals surface area (Å²) in [5.41, 5.74) is 0. The molecular formula is C13H19NO3S. The van der Waals surface area contributed by atoms with Gasteiger partial charge in [-0.15, -0.1) is 0 Å². The standard InChI is InChI=1S/C13H19NO3S/c1-10(2)11-7-8-14(9-11)18(16,17)13-5-3-12(15)4-6-13/h3-6,10-11,15H,7-9H2,1-2H3. The first-order chi connectivity index (χ1) is 8.41. The molecule has 2 rings (SSSR count). The van der Waals surface area contributed by atoms with Crippen molar-refractivity contribution in [2.75, 3.05) is 13.1 Å². The third-order valence-corrected chi connectivity index (χ3v) is 5.48. The van der Waals surface area contributed by atoms with E-state index >= 15 is 0 Å². The van der Waals surface area contributed by atoms with Crippen LogP contribution < -0.4 is 0 Å². The Morgan fingerprint density at radius 3 is 2.39 bits per heavy atom. The second kappa shape index (κ2) is 4.90. The summed E-state index contributed by atoms with van der Waals surface area (Å²) in [6, 6.07) is 5.71. The highest BCUT2D eigenvalue weighted by Crippen LogP contribution is 2.28. The minimum absolute atomic E-state index is 0.0791. The zero-order chi connectivity index (χ0) is 13.3. The Bertz CT molecular complexity index is 508. The van der Waals surface area contributed by atoms with Gasteiger partial charge >= 0.3 is 0 Å². The molecule has 1 unspecified atom stereocenters. The van der Waals surface area contributed by atoms with Gasteiger partial charge in [-0.1, -0.05) is 13.8 Å². The van der Waals surface area contributed by atoms with Gasteiger partial charge in [0.1, 0.15) is 5.75 Å². The van der Waals surface area contributed by atoms with Gasteiger partial charge < -0.3 is 5.11 Å². The summed E-state index contributed by atoms with van der Waals surface area (Å²) in [6.45, 7) is 5.44. The van der Waals surface area contributed by atoms with E-state index in [1.807, 2.05) is 0 Å². The number of nitrogens with zero attached hydrogens (tertiary/aromatic N) is 1. The smallest absolute Gasteiger partial charge is 0.243 e. The number of hydrogen-bond acceptors (Lipinski definition) is 3. The SMILES string of the molecule is CC(C)C1CCN(S(=O)(=O)c2ccc(O)cc2)C1. The average Bonchev–Trinajstić information content (AvgIpc) is 2.79. The van der Waals surface area contributed by atoms with Crippen molar-refractivity contribution in [2.24, 2.45) is 11.8 Å². The molecule has 1 aliphatic rings. The second-order valence-electron chi connectivity index (χ2n) is 5.15. The molecule has 0 saturated carbocycles. The van der Waals surface area contributed by atoms with Crippen molar-refractivity contribution in [3.63, 3.8) is 0 Å². The number of sulfonamides is 1. The van der Waals surface area contributed by atoms with Crippen molar-refractivity contribution in [3.05, 3.63) is 24.3 Å². The third kappa shape index (κ3) is 2.52. The van der Waals surface area contributed by atoms with E-state index < -0.39 is 10.0 Å². The lowest BCUT2D eigenvalue weighted by Gasteiger charge is -2.18. The van der Waals surface area contributed by atoms with Crippen molar-refractivity contribution in [3.8, 4) is 5.75 Å². The maximum absolute atomic E-state index is 12.4. The van der Waals surface area contributed by atoms with Gasteiger partial charge in [-0.05, 0) is 42.5 Å². The molecule has 0 aliphatic carbocycles. The Balaban J connectivity index is 2.20. The molecule has 0 bridgehead atoms. The maximum atomic E-state index is 12.4. The number of hydrogen-bond donors (Lipinski definition) is 1. The largest absolute Gasteiger partial charge is 0.508 e. The number of aromatic hydroxyl groups is 1. The maximum Gasteiger partial charge on any atom is 0.243 e. The van der Waals surface area contributed by atoms with Gasteiger partial charge in [0.05, 0.1) is 4.90 Å². The van der Waals surface area contributed by atoms with Crippen molar-refractivity contribution >= 4 is 10.0 Å². The molecule has 0 spiro atoms. The van der Waals surface area contributed by atoms with E-state index in [9.17, 15) is 13.5 Å². The summed E-state index contributed by atoms with van der Waals surface area (Å²) in [6.07, 6.45) is 0.926. The van der Waals surface area contributed by atoms with Crippen LogP contribution in [-0.4, -0.2) is 30.9 Å². The summed E-state index contributed by atoms with van der Waals surface area (Å²) in [7, 11) is -3.40.